The Morgan fingerprint density at radius 1 is 1.12 bits per heavy atom. The molecule has 3 heteroatoms. The number of nitrogens with zero attached hydrogens (tertiary/aromatic N) is 1. The van der Waals surface area contributed by atoms with Crippen LogP contribution in [0.4, 0.5) is 0 Å². The van der Waals surface area contributed by atoms with Crippen molar-refractivity contribution in [3.8, 4) is 0 Å². The van der Waals surface area contributed by atoms with Gasteiger partial charge in [0, 0.05) is 16.8 Å². The predicted octanol–water partition coefficient (Wildman–Crippen LogP) is 3.47. The zero-order valence-electron chi connectivity index (χ0n) is 9.01. The number of pyridine rings is 1. The molecule has 84 valence electrons. The van der Waals surface area contributed by atoms with Crippen LogP contribution in [0.1, 0.15) is 11.3 Å². The fourth-order valence-electron chi connectivity index (χ4n) is 1.45. The second-order valence-electron chi connectivity index (χ2n) is 3.48. The van der Waals surface area contributed by atoms with Crippen LogP contribution in [-0.2, 0) is 4.79 Å². The van der Waals surface area contributed by atoms with Crippen LogP contribution < -0.4 is 0 Å². The standard InChI is InChI=1S/C14H10ClNO/c15-13-6-4-11(5-7-13)12(10-17)9-14-3-1-2-8-16-14/h1-10H. The van der Waals surface area contributed by atoms with E-state index in [1.165, 1.54) is 0 Å². The molecular weight excluding hydrogens is 234 g/mol. The average molecular weight is 244 g/mol. The lowest BCUT2D eigenvalue weighted by molar-refractivity contribution is -0.103. The highest BCUT2D eigenvalue weighted by atomic mass is 35.5. The van der Waals surface area contributed by atoms with Crippen molar-refractivity contribution in [3.05, 3.63) is 64.9 Å². The molecule has 1 aromatic carbocycles. The van der Waals surface area contributed by atoms with Crippen molar-refractivity contribution >= 4 is 29.5 Å². The number of carbonyl (C=O) groups excluding carboxylic acids is 1. The molecule has 0 aliphatic carbocycles. The number of benzene rings is 1. The van der Waals surface area contributed by atoms with E-state index in [9.17, 15) is 4.79 Å². The molecule has 0 saturated heterocycles. The SMILES string of the molecule is O=CC(=Cc1ccccn1)c1ccc(Cl)cc1. The Bertz CT molecular complexity index is 532. The van der Waals surface area contributed by atoms with Crippen LogP contribution in [0.15, 0.2) is 48.7 Å². The highest BCUT2D eigenvalue weighted by Crippen LogP contribution is 2.18. The van der Waals surface area contributed by atoms with E-state index >= 15 is 0 Å². The molecule has 2 aromatic rings. The third-order valence-electron chi connectivity index (χ3n) is 2.30. The molecule has 0 radical (unpaired) electrons. The summed E-state index contributed by atoms with van der Waals surface area (Å²) in [7, 11) is 0. The molecule has 1 aromatic heterocycles. The minimum absolute atomic E-state index is 0.584. The van der Waals surface area contributed by atoms with Crippen molar-refractivity contribution in [2.24, 2.45) is 0 Å². The topological polar surface area (TPSA) is 30.0 Å². The highest BCUT2D eigenvalue weighted by Gasteiger charge is 2.00. The van der Waals surface area contributed by atoms with Crippen molar-refractivity contribution in [3.63, 3.8) is 0 Å². The number of carbonyl (C=O) groups is 1. The van der Waals surface area contributed by atoms with Gasteiger partial charge in [-0.25, -0.2) is 0 Å². The monoisotopic (exact) mass is 243 g/mol. The molecule has 0 aliphatic heterocycles. The average Bonchev–Trinajstić information content (AvgIpc) is 2.38. The molecule has 0 fully saturated rings. The van der Waals surface area contributed by atoms with Crippen LogP contribution in [0, 0.1) is 0 Å². The number of halogens is 1. The summed E-state index contributed by atoms with van der Waals surface area (Å²) in [5.74, 6) is 0. The fraction of sp³-hybridized carbons (Fsp3) is 0. The van der Waals surface area contributed by atoms with E-state index in [-0.39, 0.29) is 0 Å². The molecule has 0 amide bonds. The van der Waals surface area contributed by atoms with Gasteiger partial charge >= 0.3 is 0 Å². The number of aldehydes is 1. The fourth-order valence-corrected chi connectivity index (χ4v) is 1.57. The molecule has 17 heavy (non-hydrogen) atoms. The van der Waals surface area contributed by atoms with Crippen LogP contribution in [0.3, 0.4) is 0 Å². The Morgan fingerprint density at radius 3 is 2.47 bits per heavy atom. The Hall–Kier alpha value is -1.93. The van der Waals surface area contributed by atoms with Gasteiger partial charge in [-0.05, 0) is 35.9 Å². The molecule has 0 N–H and O–H groups in total. The molecular formula is C14H10ClNO. The van der Waals surface area contributed by atoms with Gasteiger partial charge in [0.1, 0.15) is 0 Å². The summed E-state index contributed by atoms with van der Waals surface area (Å²) >= 11 is 5.80. The van der Waals surface area contributed by atoms with Crippen molar-refractivity contribution in [1.82, 2.24) is 4.98 Å². The highest BCUT2D eigenvalue weighted by molar-refractivity contribution is 6.30. The predicted molar refractivity (Wildman–Crippen MR) is 69.6 cm³/mol. The zero-order chi connectivity index (χ0) is 12.1. The molecule has 0 bridgehead atoms. The summed E-state index contributed by atoms with van der Waals surface area (Å²) < 4.78 is 0. The van der Waals surface area contributed by atoms with Gasteiger partial charge in [-0.15, -0.1) is 0 Å². The third kappa shape index (κ3) is 3.02. The van der Waals surface area contributed by atoms with E-state index in [1.807, 2.05) is 30.3 Å². The first-order valence-corrected chi connectivity index (χ1v) is 5.51. The van der Waals surface area contributed by atoms with Gasteiger partial charge in [-0.1, -0.05) is 29.8 Å². The van der Waals surface area contributed by atoms with E-state index in [4.69, 9.17) is 11.6 Å². The number of hydrogen-bond acceptors (Lipinski definition) is 2. The molecule has 0 atom stereocenters. The summed E-state index contributed by atoms with van der Waals surface area (Å²) in [6.07, 6.45) is 4.25. The Balaban J connectivity index is 2.37. The zero-order valence-corrected chi connectivity index (χ0v) is 9.76. The Labute approximate surface area is 105 Å². The quantitative estimate of drug-likeness (QED) is 0.610. The lowest BCUT2D eigenvalue weighted by atomic mass is 10.1. The lowest BCUT2D eigenvalue weighted by Gasteiger charge is -2.00. The minimum atomic E-state index is 0.584. The van der Waals surface area contributed by atoms with Crippen LogP contribution in [0.5, 0.6) is 0 Å². The second-order valence-corrected chi connectivity index (χ2v) is 3.92. The van der Waals surface area contributed by atoms with Gasteiger partial charge in [0.25, 0.3) is 0 Å². The number of rotatable bonds is 3. The molecule has 0 spiro atoms. The maximum absolute atomic E-state index is 11.1. The number of allylic oxidation sites excluding steroid dienone is 1. The van der Waals surface area contributed by atoms with Crippen molar-refractivity contribution < 1.29 is 4.79 Å². The molecule has 2 rings (SSSR count). The van der Waals surface area contributed by atoms with Crippen molar-refractivity contribution in [2.45, 2.75) is 0 Å². The molecule has 0 saturated carbocycles. The molecule has 0 unspecified atom stereocenters. The summed E-state index contributed by atoms with van der Waals surface area (Å²) in [5, 5.41) is 0.650. The van der Waals surface area contributed by atoms with Crippen LogP contribution >= 0.6 is 11.6 Å². The smallest absolute Gasteiger partial charge is 0.150 e. The molecule has 0 aliphatic rings. The largest absolute Gasteiger partial charge is 0.298 e. The van der Waals surface area contributed by atoms with Gasteiger partial charge < -0.3 is 0 Å². The first kappa shape index (κ1) is 11.6. The Kier molecular flexibility index (Phi) is 3.68. The van der Waals surface area contributed by atoms with E-state index in [0.29, 0.717) is 10.6 Å². The van der Waals surface area contributed by atoms with Crippen LogP contribution in [0.25, 0.3) is 11.6 Å². The maximum Gasteiger partial charge on any atom is 0.150 e. The second kappa shape index (κ2) is 5.41. The normalized spacial score (nSPS) is 11.2. The van der Waals surface area contributed by atoms with E-state index < -0.39 is 0 Å². The Morgan fingerprint density at radius 2 is 1.88 bits per heavy atom. The van der Waals surface area contributed by atoms with Gasteiger partial charge in [-0.3, -0.25) is 9.78 Å². The molecule has 2 nitrogen and oxygen atoms in total. The van der Waals surface area contributed by atoms with Crippen LogP contribution in [-0.4, -0.2) is 11.3 Å². The van der Waals surface area contributed by atoms with Gasteiger partial charge in [-0.2, -0.15) is 0 Å². The van der Waals surface area contributed by atoms with Gasteiger partial charge in [0.15, 0.2) is 6.29 Å². The first-order chi connectivity index (χ1) is 8.29. The summed E-state index contributed by atoms with van der Waals surface area (Å²) in [6.45, 7) is 0. The summed E-state index contributed by atoms with van der Waals surface area (Å²) in [4.78, 5) is 15.2. The summed E-state index contributed by atoms with van der Waals surface area (Å²) in [5.41, 5.74) is 2.17. The first-order valence-electron chi connectivity index (χ1n) is 5.13. The van der Waals surface area contributed by atoms with Crippen molar-refractivity contribution in [2.75, 3.05) is 0 Å². The lowest BCUT2D eigenvalue weighted by Crippen LogP contribution is -1.87. The van der Waals surface area contributed by atoms with Gasteiger partial charge in [0.2, 0.25) is 0 Å². The number of aromatic nitrogens is 1. The summed E-state index contributed by atoms with van der Waals surface area (Å²) in [6, 6.07) is 12.7. The van der Waals surface area contributed by atoms with Crippen molar-refractivity contribution in [1.29, 1.82) is 0 Å². The maximum atomic E-state index is 11.1. The van der Waals surface area contributed by atoms with Crippen LogP contribution in [0.2, 0.25) is 5.02 Å². The molecule has 1 heterocycles. The van der Waals surface area contributed by atoms with Gasteiger partial charge in [0.05, 0.1) is 5.69 Å². The van der Waals surface area contributed by atoms with E-state index in [2.05, 4.69) is 4.98 Å². The number of hydrogen-bond donors (Lipinski definition) is 0. The van der Waals surface area contributed by atoms with E-state index in [1.54, 1.807) is 24.4 Å². The third-order valence-corrected chi connectivity index (χ3v) is 2.55. The minimum Gasteiger partial charge on any atom is -0.298 e. The van der Waals surface area contributed by atoms with E-state index in [0.717, 1.165) is 17.5 Å².